The summed E-state index contributed by atoms with van der Waals surface area (Å²) in [6.07, 6.45) is 7.19. The van der Waals surface area contributed by atoms with E-state index in [9.17, 15) is 9.90 Å². The highest BCUT2D eigenvalue weighted by Gasteiger charge is 2.46. The summed E-state index contributed by atoms with van der Waals surface area (Å²) < 4.78 is 12.4. The van der Waals surface area contributed by atoms with Gasteiger partial charge in [-0.05, 0) is 43.9 Å². The minimum absolute atomic E-state index is 0.0120. The van der Waals surface area contributed by atoms with E-state index in [0.717, 1.165) is 49.8 Å². The van der Waals surface area contributed by atoms with Gasteiger partial charge in [0, 0.05) is 25.1 Å². The monoisotopic (exact) mass is 481 g/mol. The van der Waals surface area contributed by atoms with E-state index in [1.807, 2.05) is 43.4 Å². The number of likely N-dealkylation sites (N-methyl/N-ethyl adjacent to an activating group) is 1. The Morgan fingerprint density at radius 2 is 1.69 bits per heavy atom. The van der Waals surface area contributed by atoms with Crippen LogP contribution in [0.25, 0.3) is 0 Å². The van der Waals surface area contributed by atoms with E-state index in [2.05, 4.69) is 29.2 Å². The van der Waals surface area contributed by atoms with Gasteiger partial charge in [-0.2, -0.15) is 0 Å². The second-order valence-corrected chi connectivity index (χ2v) is 9.51. The Morgan fingerprint density at radius 1 is 1.03 bits per heavy atom. The third kappa shape index (κ3) is 9.22. The molecule has 1 aliphatic rings. The number of benzene rings is 2. The van der Waals surface area contributed by atoms with Crippen LogP contribution in [0.5, 0.6) is 0 Å². The number of hydrogen-bond acceptors (Lipinski definition) is 5. The van der Waals surface area contributed by atoms with E-state index in [-0.39, 0.29) is 6.04 Å². The van der Waals surface area contributed by atoms with Gasteiger partial charge in [-0.3, -0.25) is 4.90 Å². The number of nitrogens with zero attached hydrogens (tertiary/aromatic N) is 1. The molecule has 0 bridgehead atoms. The minimum atomic E-state index is -0.912. The average molecular weight is 482 g/mol. The number of carboxylic acids is 1. The molecule has 0 heterocycles. The predicted octanol–water partition coefficient (Wildman–Crippen LogP) is 4.82. The molecule has 0 aromatic heterocycles. The summed E-state index contributed by atoms with van der Waals surface area (Å²) in [6.45, 7) is 2.44. The van der Waals surface area contributed by atoms with Gasteiger partial charge in [0.25, 0.3) is 0 Å². The Labute approximate surface area is 209 Å². The molecular weight excluding hydrogens is 442 g/mol. The molecule has 2 N–H and O–H groups in total. The Morgan fingerprint density at radius 3 is 2.34 bits per heavy atom. The molecule has 190 valence electrons. The van der Waals surface area contributed by atoms with Crippen LogP contribution in [0.1, 0.15) is 49.7 Å². The van der Waals surface area contributed by atoms with E-state index >= 15 is 0 Å². The molecule has 3 atom stereocenters. The summed E-state index contributed by atoms with van der Waals surface area (Å²) in [7, 11) is 2.05. The van der Waals surface area contributed by atoms with E-state index < -0.39 is 17.7 Å². The number of aliphatic hydroxyl groups is 1. The van der Waals surface area contributed by atoms with Crippen molar-refractivity contribution in [1.82, 2.24) is 4.90 Å². The van der Waals surface area contributed by atoms with E-state index in [4.69, 9.17) is 14.6 Å². The highest BCUT2D eigenvalue weighted by molar-refractivity contribution is 5.79. The first kappa shape index (κ1) is 27.1. The SMILES string of the molecule is CN(CCOCc1ccccc1)[C@@H]1C[C@](CCCCC=CC(=O)O)(OCc2ccccc2)C[C@H]1O. The van der Waals surface area contributed by atoms with Crippen LogP contribution in [-0.4, -0.2) is 59.0 Å². The number of aliphatic carboxylic acids is 1. The molecule has 6 nitrogen and oxygen atoms in total. The maximum Gasteiger partial charge on any atom is 0.327 e. The summed E-state index contributed by atoms with van der Waals surface area (Å²) in [5.74, 6) is -0.912. The van der Waals surface area contributed by atoms with Crippen molar-refractivity contribution in [2.24, 2.45) is 0 Å². The van der Waals surface area contributed by atoms with Gasteiger partial charge in [-0.25, -0.2) is 4.79 Å². The van der Waals surface area contributed by atoms with Crippen LogP contribution in [0.15, 0.2) is 72.8 Å². The summed E-state index contributed by atoms with van der Waals surface area (Å²) in [6, 6.07) is 20.3. The normalized spacial score (nSPS) is 22.3. The molecular formula is C29H39NO5. The fourth-order valence-corrected chi connectivity index (χ4v) is 4.80. The number of aliphatic hydroxyl groups excluding tert-OH is 1. The number of carbonyl (C=O) groups is 1. The zero-order valence-corrected chi connectivity index (χ0v) is 20.7. The Hall–Kier alpha value is -2.51. The number of unbranched alkanes of at least 4 members (excludes halogenated alkanes) is 2. The van der Waals surface area contributed by atoms with Gasteiger partial charge in [-0.1, -0.05) is 73.2 Å². The molecule has 1 aliphatic carbocycles. The predicted molar refractivity (Wildman–Crippen MR) is 137 cm³/mol. The van der Waals surface area contributed by atoms with Crippen molar-refractivity contribution >= 4 is 5.97 Å². The third-order valence-electron chi connectivity index (χ3n) is 6.77. The number of rotatable bonds is 15. The quantitative estimate of drug-likeness (QED) is 0.281. The van der Waals surface area contributed by atoms with Crippen LogP contribution < -0.4 is 0 Å². The second kappa shape index (κ2) is 14.1. The molecule has 0 radical (unpaired) electrons. The van der Waals surface area contributed by atoms with Crippen LogP contribution >= 0.6 is 0 Å². The largest absolute Gasteiger partial charge is 0.478 e. The molecule has 1 fully saturated rings. The lowest BCUT2D eigenvalue weighted by Gasteiger charge is -2.31. The molecule has 0 amide bonds. The van der Waals surface area contributed by atoms with E-state index in [1.54, 1.807) is 6.08 Å². The number of hydrogen-bond donors (Lipinski definition) is 2. The van der Waals surface area contributed by atoms with Crippen molar-refractivity contribution in [2.45, 2.75) is 69.5 Å². The van der Waals surface area contributed by atoms with E-state index in [1.165, 1.54) is 6.08 Å². The maximum atomic E-state index is 11.0. The molecule has 0 spiro atoms. The van der Waals surface area contributed by atoms with Crippen molar-refractivity contribution in [3.05, 3.63) is 83.9 Å². The first-order valence-corrected chi connectivity index (χ1v) is 12.5. The van der Waals surface area contributed by atoms with Crippen molar-refractivity contribution in [3.8, 4) is 0 Å². The zero-order valence-electron chi connectivity index (χ0n) is 20.7. The highest BCUT2D eigenvalue weighted by atomic mass is 16.5. The first-order valence-electron chi connectivity index (χ1n) is 12.5. The van der Waals surface area contributed by atoms with Gasteiger partial charge in [0.15, 0.2) is 0 Å². The zero-order chi connectivity index (χ0) is 24.9. The Balaban J connectivity index is 1.53. The van der Waals surface area contributed by atoms with Crippen LogP contribution in [0.4, 0.5) is 0 Å². The number of ether oxygens (including phenoxy) is 2. The summed E-state index contributed by atoms with van der Waals surface area (Å²) in [5.41, 5.74) is 1.88. The van der Waals surface area contributed by atoms with Crippen molar-refractivity contribution < 1.29 is 24.5 Å². The lowest BCUT2D eigenvalue weighted by Crippen LogP contribution is -2.40. The van der Waals surface area contributed by atoms with E-state index in [0.29, 0.717) is 26.2 Å². The van der Waals surface area contributed by atoms with Crippen LogP contribution in [-0.2, 0) is 27.5 Å². The molecule has 1 saturated carbocycles. The lowest BCUT2D eigenvalue weighted by molar-refractivity contribution is -0.131. The lowest BCUT2D eigenvalue weighted by atomic mass is 9.93. The molecule has 0 unspecified atom stereocenters. The van der Waals surface area contributed by atoms with Gasteiger partial charge in [0.1, 0.15) is 0 Å². The van der Waals surface area contributed by atoms with Crippen molar-refractivity contribution in [3.63, 3.8) is 0 Å². The molecule has 2 aromatic carbocycles. The molecule has 35 heavy (non-hydrogen) atoms. The topological polar surface area (TPSA) is 79.2 Å². The van der Waals surface area contributed by atoms with Crippen LogP contribution in [0.2, 0.25) is 0 Å². The molecule has 2 aromatic rings. The highest BCUT2D eigenvalue weighted by Crippen LogP contribution is 2.40. The number of carboxylic acid groups (broad SMARTS) is 1. The fraction of sp³-hybridized carbons (Fsp3) is 0.483. The standard InChI is InChI=1S/C29H39NO5/c1-30(18-19-34-22-24-12-6-4-7-13-24)26-20-29(21-27(26)31,17-11-3-2-10-16-28(32)33)35-23-25-14-8-5-9-15-25/h4-10,12-16,26-27,31H,2-3,11,17-23H2,1H3,(H,32,33)/t26-,27-,29+/m1/s1. The third-order valence-corrected chi connectivity index (χ3v) is 6.77. The minimum Gasteiger partial charge on any atom is -0.478 e. The Kier molecular flexibility index (Phi) is 10.9. The maximum absolute atomic E-state index is 11.0. The van der Waals surface area contributed by atoms with Gasteiger partial charge < -0.3 is 19.7 Å². The molecule has 0 aliphatic heterocycles. The van der Waals surface area contributed by atoms with Crippen LogP contribution in [0, 0.1) is 0 Å². The van der Waals surface area contributed by atoms with Gasteiger partial charge in [0.2, 0.25) is 0 Å². The average Bonchev–Trinajstić information content (AvgIpc) is 3.20. The smallest absolute Gasteiger partial charge is 0.327 e. The van der Waals surface area contributed by atoms with Crippen molar-refractivity contribution in [1.29, 1.82) is 0 Å². The molecule has 3 rings (SSSR count). The molecule has 0 saturated heterocycles. The van der Waals surface area contributed by atoms with Gasteiger partial charge in [-0.15, -0.1) is 0 Å². The van der Waals surface area contributed by atoms with Gasteiger partial charge in [0.05, 0.1) is 31.5 Å². The van der Waals surface area contributed by atoms with Crippen LogP contribution in [0.3, 0.4) is 0 Å². The molecule has 6 heteroatoms. The summed E-state index contributed by atoms with van der Waals surface area (Å²) in [5, 5.41) is 19.7. The fourth-order valence-electron chi connectivity index (χ4n) is 4.80. The van der Waals surface area contributed by atoms with Crippen molar-refractivity contribution in [2.75, 3.05) is 20.2 Å². The Bertz CT molecular complexity index is 904. The first-order chi connectivity index (χ1) is 17.0. The second-order valence-electron chi connectivity index (χ2n) is 9.51. The summed E-state index contributed by atoms with van der Waals surface area (Å²) in [4.78, 5) is 12.9. The summed E-state index contributed by atoms with van der Waals surface area (Å²) >= 11 is 0. The van der Waals surface area contributed by atoms with Gasteiger partial charge >= 0.3 is 5.97 Å². The number of allylic oxidation sites excluding steroid dienone is 1.